The van der Waals surface area contributed by atoms with Crippen LogP contribution in [0.15, 0.2) is 46.8 Å². The molecular weight excluding hydrogens is 432 g/mol. The Labute approximate surface area is 189 Å². The summed E-state index contributed by atoms with van der Waals surface area (Å²) in [5.41, 5.74) is 21.3. The van der Waals surface area contributed by atoms with Gasteiger partial charge in [-0.25, -0.2) is 15.0 Å². The molecule has 0 amide bonds. The topological polar surface area (TPSA) is 133 Å². The van der Waals surface area contributed by atoms with E-state index >= 15 is 0 Å². The average molecular weight is 455 g/mol. The maximum absolute atomic E-state index is 6.66. The molecule has 3 aromatic rings. The number of nitrogens with two attached hydrogens (primary N) is 3. The Hall–Kier alpha value is -2.62. The van der Waals surface area contributed by atoms with E-state index in [1.165, 1.54) is 22.9 Å². The van der Waals surface area contributed by atoms with Crippen LogP contribution < -0.4 is 22.1 Å². The summed E-state index contributed by atoms with van der Waals surface area (Å²) < 4.78 is 0. The molecule has 1 atom stereocenters. The van der Waals surface area contributed by atoms with Gasteiger partial charge in [-0.2, -0.15) is 0 Å². The van der Waals surface area contributed by atoms with Gasteiger partial charge in [-0.05, 0) is 47.9 Å². The summed E-state index contributed by atoms with van der Waals surface area (Å²) >= 11 is 7.56. The number of aromatic nitrogens is 4. The number of piperidine rings is 1. The molecule has 31 heavy (non-hydrogen) atoms. The maximum Gasteiger partial charge on any atom is 0.158 e. The lowest BCUT2D eigenvalue weighted by Crippen LogP contribution is -2.44. The van der Waals surface area contributed by atoms with Gasteiger partial charge in [-0.15, -0.1) is 0 Å². The summed E-state index contributed by atoms with van der Waals surface area (Å²) in [6.07, 6.45) is 10.1. The monoisotopic (exact) mass is 454 g/mol. The van der Waals surface area contributed by atoms with Crippen LogP contribution in [0.3, 0.4) is 0 Å². The second kappa shape index (κ2) is 7.81. The molecule has 4 heterocycles. The second-order valence-corrected chi connectivity index (χ2v) is 9.52. The fourth-order valence-electron chi connectivity index (χ4n) is 4.61. The summed E-state index contributed by atoms with van der Waals surface area (Å²) in [4.78, 5) is 20.4. The molecule has 10 heteroatoms. The number of hydrogen-bond acceptors (Lipinski definition) is 9. The van der Waals surface area contributed by atoms with E-state index in [0.29, 0.717) is 15.9 Å². The van der Waals surface area contributed by atoms with Crippen LogP contribution in [0, 0.1) is 5.41 Å². The van der Waals surface area contributed by atoms with Crippen LogP contribution in [-0.2, 0) is 6.42 Å². The highest BCUT2D eigenvalue weighted by molar-refractivity contribution is 7.99. The Kier molecular flexibility index (Phi) is 5.11. The van der Waals surface area contributed by atoms with Crippen molar-refractivity contribution < 1.29 is 0 Å². The Morgan fingerprint density at radius 3 is 2.61 bits per heavy atom. The lowest BCUT2D eigenvalue weighted by molar-refractivity contribution is 0.187. The molecule has 0 saturated carbocycles. The summed E-state index contributed by atoms with van der Waals surface area (Å²) in [6, 6.07) is 3.90. The zero-order valence-electron chi connectivity index (χ0n) is 16.8. The van der Waals surface area contributed by atoms with Crippen molar-refractivity contribution >= 4 is 40.8 Å². The number of halogens is 1. The number of fused-ring (bicyclic) bond motifs is 1. The number of anilines is 3. The van der Waals surface area contributed by atoms with Crippen molar-refractivity contribution in [2.45, 2.75) is 35.2 Å². The summed E-state index contributed by atoms with van der Waals surface area (Å²) in [5.74, 6) is 1.42. The van der Waals surface area contributed by atoms with Crippen LogP contribution in [0.25, 0.3) is 0 Å². The zero-order valence-corrected chi connectivity index (χ0v) is 18.4. The van der Waals surface area contributed by atoms with Crippen molar-refractivity contribution in [2.24, 2.45) is 11.1 Å². The molecule has 1 fully saturated rings. The van der Waals surface area contributed by atoms with E-state index in [4.69, 9.17) is 28.8 Å². The van der Waals surface area contributed by atoms with Crippen LogP contribution in [-0.4, -0.2) is 33.0 Å². The minimum Gasteiger partial charge on any atom is -0.382 e. The molecule has 1 aliphatic carbocycles. The molecule has 6 N–H and O–H groups in total. The third-order valence-corrected chi connectivity index (χ3v) is 7.98. The Morgan fingerprint density at radius 1 is 1.06 bits per heavy atom. The number of hydrogen-bond donors (Lipinski definition) is 3. The van der Waals surface area contributed by atoms with Crippen molar-refractivity contribution in [3.63, 3.8) is 0 Å². The molecule has 1 unspecified atom stereocenters. The molecule has 0 aromatic carbocycles. The van der Waals surface area contributed by atoms with Crippen LogP contribution in [0.5, 0.6) is 0 Å². The summed E-state index contributed by atoms with van der Waals surface area (Å²) in [5, 5.41) is 0.980. The first-order chi connectivity index (χ1) is 15.0. The van der Waals surface area contributed by atoms with Crippen LogP contribution in [0.2, 0.25) is 5.02 Å². The summed E-state index contributed by atoms with van der Waals surface area (Å²) in [7, 11) is 0. The SMILES string of the molecule is Nc1nc(N2CCC3(CC2)Cc2cnccc2C3N)cnc1Sc1ccnc(N)c1Cl. The predicted octanol–water partition coefficient (Wildman–Crippen LogP) is 3.08. The van der Waals surface area contributed by atoms with Gasteiger partial charge in [0.05, 0.1) is 11.2 Å². The number of rotatable bonds is 3. The van der Waals surface area contributed by atoms with Crippen molar-refractivity contribution in [3.8, 4) is 0 Å². The number of nitrogen functional groups attached to an aromatic ring is 2. The van der Waals surface area contributed by atoms with E-state index in [1.54, 1.807) is 18.5 Å². The zero-order chi connectivity index (χ0) is 21.6. The fourth-order valence-corrected chi connectivity index (χ4v) is 5.63. The first-order valence-corrected chi connectivity index (χ1v) is 11.3. The van der Waals surface area contributed by atoms with Crippen molar-refractivity contribution in [2.75, 3.05) is 29.5 Å². The molecule has 1 aliphatic heterocycles. The lowest BCUT2D eigenvalue weighted by Gasteiger charge is -2.42. The Balaban J connectivity index is 1.29. The van der Waals surface area contributed by atoms with Crippen LogP contribution >= 0.6 is 23.4 Å². The van der Waals surface area contributed by atoms with E-state index < -0.39 is 0 Å². The summed E-state index contributed by atoms with van der Waals surface area (Å²) in [6.45, 7) is 1.73. The molecule has 2 aliphatic rings. The highest BCUT2D eigenvalue weighted by atomic mass is 35.5. The van der Waals surface area contributed by atoms with Gasteiger partial charge in [0.2, 0.25) is 0 Å². The smallest absolute Gasteiger partial charge is 0.158 e. The van der Waals surface area contributed by atoms with E-state index in [-0.39, 0.29) is 17.3 Å². The maximum atomic E-state index is 6.66. The van der Waals surface area contributed by atoms with Crippen LogP contribution in [0.1, 0.15) is 30.0 Å². The van der Waals surface area contributed by atoms with Gasteiger partial charge in [0.25, 0.3) is 0 Å². The highest BCUT2D eigenvalue weighted by Crippen LogP contribution is 2.50. The lowest BCUT2D eigenvalue weighted by atomic mass is 9.73. The Bertz CT molecular complexity index is 1130. The average Bonchev–Trinajstić information content (AvgIpc) is 3.05. The predicted molar refractivity (Wildman–Crippen MR) is 123 cm³/mol. The normalized spacial score (nSPS) is 19.5. The molecular formula is C21H23ClN8S. The van der Waals surface area contributed by atoms with Gasteiger partial charge in [-0.3, -0.25) is 4.98 Å². The third-order valence-electron chi connectivity index (χ3n) is 6.40. The van der Waals surface area contributed by atoms with Gasteiger partial charge < -0.3 is 22.1 Å². The number of nitrogens with zero attached hydrogens (tertiary/aromatic N) is 5. The van der Waals surface area contributed by atoms with Crippen LogP contribution in [0.4, 0.5) is 17.5 Å². The molecule has 3 aromatic heterocycles. The quantitative estimate of drug-likeness (QED) is 0.545. The highest BCUT2D eigenvalue weighted by Gasteiger charge is 2.46. The minimum absolute atomic E-state index is 0.0557. The Morgan fingerprint density at radius 2 is 1.87 bits per heavy atom. The first-order valence-electron chi connectivity index (χ1n) is 10.1. The van der Waals surface area contributed by atoms with Gasteiger partial charge in [0.1, 0.15) is 16.7 Å². The van der Waals surface area contributed by atoms with Crippen molar-refractivity contribution in [3.05, 3.63) is 53.1 Å². The molecule has 5 rings (SSSR count). The molecule has 8 nitrogen and oxygen atoms in total. The van der Waals surface area contributed by atoms with E-state index in [9.17, 15) is 0 Å². The third kappa shape index (κ3) is 3.56. The fraction of sp³-hybridized carbons (Fsp3) is 0.333. The van der Waals surface area contributed by atoms with Crippen molar-refractivity contribution in [1.29, 1.82) is 0 Å². The van der Waals surface area contributed by atoms with Gasteiger partial charge >= 0.3 is 0 Å². The molecule has 160 valence electrons. The molecule has 1 spiro atoms. The van der Waals surface area contributed by atoms with Crippen molar-refractivity contribution in [1.82, 2.24) is 19.9 Å². The van der Waals surface area contributed by atoms with E-state index in [0.717, 1.165) is 43.1 Å². The minimum atomic E-state index is 0.0557. The van der Waals surface area contributed by atoms with E-state index in [1.807, 2.05) is 12.4 Å². The molecule has 0 bridgehead atoms. The first kappa shape index (κ1) is 20.3. The van der Waals surface area contributed by atoms with E-state index in [2.05, 4.69) is 30.9 Å². The van der Waals surface area contributed by atoms with Gasteiger partial charge in [0.15, 0.2) is 5.82 Å². The second-order valence-electron chi connectivity index (χ2n) is 8.11. The van der Waals surface area contributed by atoms with Gasteiger partial charge in [-0.1, -0.05) is 23.4 Å². The largest absolute Gasteiger partial charge is 0.382 e. The number of pyridine rings is 2. The van der Waals surface area contributed by atoms with Gasteiger partial charge in [0, 0.05) is 42.6 Å². The standard InChI is InChI=1S/C21H23ClN8S/c22-16-14(2-6-27-18(16)24)31-20-19(25)29-15(11-28-20)30-7-3-21(4-8-30)9-12-10-26-5-1-13(12)17(21)23/h1-2,5-6,10-11,17H,3-4,7-9,23H2,(H2,24,27)(H2,25,29). The molecule has 1 saturated heterocycles. The molecule has 0 radical (unpaired) electrons.